The van der Waals surface area contributed by atoms with E-state index in [0.717, 1.165) is 28.5 Å². The molecular formula is C19H20N2O6S. The average molecular weight is 404 g/mol. The molecule has 9 heteroatoms. The molecule has 1 atom stereocenters. The highest BCUT2D eigenvalue weighted by molar-refractivity contribution is 7.88. The normalized spacial score (nSPS) is 14.0. The summed E-state index contributed by atoms with van der Waals surface area (Å²) in [7, 11) is -3.59. The van der Waals surface area contributed by atoms with E-state index in [1.165, 1.54) is 0 Å². The second-order valence-electron chi connectivity index (χ2n) is 6.48. The van der Waals surface area contributed by atoms with E-state index in [-0.39, 0.29) is 12.5 Å². The third-order valence-corrected chi connectivity index (χ3v) is 5.17. The molecule has 0 saturated heterocycles. The van der Waals surface area contributed by atoms with Gasteiger partial charge in [0.05, 0.1) is 6.26 Å². The van der Waals surface area contributed by atoms with Crippen LogP contribution >= 0.6 is 0 Å². The number of fused-ring (bicyclic) bond motifs is 3. The van der Waals surface area contributed by atoms with E-state index in [2.05, 4.69) is 10.0 Å². The van der Waals surface area contributed by atoms with Crippen molar-refractivity contribution in [3.05, 3.63) is 59.7 Å². The molecule has 0 fully saturated rings. The van der Waals surface area contributed by atoms with Crippen molar-refractivity contribution in [3.63, 3.8) is 0 Å². The molecule has 0 spiro atoms. The number of amides is 1. The Morgan fingerprint density at radius 1 is 1.07 bits per heavy atom. The van der Waals surface area contributed by atoms with E-state index in [0.29, 0.717) is 0 Å². The number of carboxylic acid groups (broad SMARTS) is 1. The van der Waals surface area contributed by atoms with Crippen molar-refractivity contribution in [2.45, 2.75) is 12.0 Å². The summed E-state index contributed by atoms with van der Waals surface area (Å²) in [6.45, 7) is -0.440. The number of hydrogen-bond acceptors (Lipinski definition) is 5. The second-order valence-corrected chi connectivity index (χ2v) is 8.31. The van der Waals surface area contributed by atoms with Gasteiger partial charge in [0.25, 0.3) is 0 Å². The molecule has 0 unspecified atom stereocenters. The Bertz CT molecular complexity index is 959. The lowest BCUT2D eigenvalue weighted by Crippen LogP contribution is -2.48. The molecule has 3 rings (SSSR count). The number of sulfonamides is 1. The second kappa shape index (κ2) is 7.99. The molecule has 28 heavy (non-hydrogen) atoms. The predicted molar refractivity (Wildman–Crippen MR) is 102 cm³/mol. The fourth-order valence-corrected chi connectivity index (χ4v) is 3.69. The van der Waals surface area contributed by atoms with Crippen molar-refractivity contribution in [3.8, 4) is 11.1 Å². The van der Waals surface area contributed by atoms with Crippen LogP contribution in [0.15, 0.2) is 48.5 Å². The summed E-state index contributed by atoms with van der Waals surface area (Å²) < 4.78 is 29.6. The first-order valence-corrected chi connectivity index (χ1v) is 10.4. The molecule has 2 aromatic rings. The van der Waals surface area contributed by atoms with Gasteiger partial charge in [-0.3, -0.25) is 0 Å². The number of rotatable bonds is 7. The molecule has 8 nitrogen and oxygen atoms in total. The number of carbonyl (C=O) groups is 2. The summed E-state index contributed by atoms with van der Waals surface area (Å²) in [4.78, 5) is 23.3. The van der Waals surface area contributed by atoms with Crippen molar-refractivity contribution in [1.29, 1.82) is 0 Å². The maximum atomic E-state index is 12.1. The summed E-state index contributed by atoms with van der Waals surface area (Å²) in [5, 5.41) is 11.3. The Labute approximate surface area is 162 Å². The van der Waals surface area contributed by atoms with Gasteiger partial charge in [-0.25, -0.2) is 22.7 Å². The van der Waals surface area contributed by atoms with Crippen LogP contribution in [-0.2, 0) is 19.6 Å². The van der Waals surface area contributed by atoms with E-state index in [4.69, 9.17) is 9.84 Å². The maximum absolute atomic E-state index is 12.1. The summed E-state index contributed by atoms with van der Waals surface area (Å²) >= 11 is 0. The highest BCUT2D eigenvalue weighted by Crippen LogP contribution is 2.44. The van der Waals surface area contributed by atoms with Crippen LogP contribution < -0.4 is 10.0 Å². The van der Waals surface area contributed by atoms with Gasteiger partial charge >= 0.3 is 12.1 Å². The van der Waals surface area contributed by atoms with E-state index in [1.54, 1.807) is 0 Å². The Balaban J connectivity index is 1.66. The van der Waals surface area contributed by atoms with Crippen LogP contribution in [0.3, 0.4) is 0 Å². The van der Waals surface area contributed by atoms with Crippen LogP contribution in [0.25, 0.3) is 11.1 Å². The number of ether oxygens (including phenoxy) is 1. The van der Waals surface area contributed by atoms with E-state index < -0.39 is 34.7 Å². The number of carbonyl (C=O) groups excluding carboxylic acids is 1. The van der Waals surface area contributed by atoms with Crippen molar-refractivity contribution >= 4 is 22.1 Å². The van der Waals surface area contributed by atoms with Crippen LogP contribution in [0.1, 0.15) is 17.0 Å². The number of carboxylic acids is 1. The van der Waals surface area contributed by atoms with Crippen molar-refractivity contribution in [2.24, 2.45) is 0 Å². The SMILES string of the molecule is CS(=O)(=O)NC[C@@H](NC(=O)OCC1c2ccccc2-c2ccccc21)C(=O)O. The van der Waals surface area contributed by atoms with Crippen molar-refractivity contribution in [1.82, 2.24) is 10.0 Å². The smallest absolute Gasteiger partial charge is 0.407 e. The van der Waals surface area contributed by atoms with Crippen molar-refractivity contribution < 1.29 is 27.9 Å². The third kappa shape index (κ3) is 4.49. The molecule has 2 aromatic carbocycles. The van der Waals surface area contributed by atoms with E-state index >= 15 is 0 Å². The van der Waals surface area contributed by atoms with E-state index in [9.17, 15) is 18.0 Å². The Hall–Kier alpha value is -2.91. The molecular weight excluding hydrogens is 384 g/mol. The first-order valence-electron chi connectivity index (χ1n) is 8.55. The minimum Gasteiger partial charge on any atom is -0.480 e. The number of hydrogen-bond donors (Lipinski definition) is 3. The Morgan fingerprint density at radius 2 is 1.61 bits per heavy atom. The first-order chi connectivity index (χ1) is 13.3. The monoisotopic (exact) mass is 404 g/mol. The van der Waals surface area contributed by atoms with Crippen molar-refractivity contribution in [2.75, 3.05) is 19.4 Å². The van der Waals surface area contributed by atoms with Gasteiger partial charge in [-0.2, -0.15) is 0 Å². The molecule has 0 bridgehead atoms. The third-order valence-electron chi connectivity index (χ3n) is 4.48. The van der Waals surface area contributed by atoms with Crippen LogP contribution in [-0.4, -0.2) is 51.0 Å². The lowest BCUT2D eigenvalue weighted by Gasteiger charge is -2.17. The Morgan fingerprint density at radius 3 is 2.11 bits per heavy atom. The largest absolute Gasteiger partial charge is 0.480 e. The highest BCUT2D eigenvalue weighted by atomic mass is 32.2. The molecule has 3 N–H and O–H groups in total. The zero-order valence-electron chi connectivity index (χ0n) is 15.1. The number of benzene rings is 2. The predicted octanol–water partition coefficient (Wildman–Crippen LogP) is 1.53. The van der Waals surface area contributed by atoms with Crippen LogP contribution in [0.5, 0.6) is 0 Å². The van der Waals surface area contributed by atoms with Crippen LogP contribution in [0.2, 0.25) is 0 Å². The van der Waals surface area contributed by atoms with Gasteiger partial charge in [0.1, 0.15) is 12.6 Å². The molecule has 0 heterocycles. The van der Waals surface area contributed by atoms with Crippen LogP contribution in [0.4, 0.5) is 4.79 Å². The molecule has 0 saturated carbocycles. The molecule has 1 aliphatic rings. The lowest BCUT2D eigenvalue weighted by atomic mass is 9.98. The first kappa shape index (κ1) is 19.8. The molecule has 1 amide bonds. The quantitative estimate of drug-likeness (QED) is 0.643. The van der Waals surface area contributed by atoms with E-state index in [1.807, 2.05) is 48.5 Å². The molecule has 0 radical (unpaired) electrons. The number of nitrogens with one attached hydrogen (secondary N) is 2. The summed E-state index contributed by atoms with van der Waals surface area (Å²) in [6.07, 6.45) is -0.0243. The standard InChI is InChI=1S/C19H20N2O6S/c1-28(25,26)20-10-17(18(22)23)21-19(24)27-11-16-14-8-4-2-6-12(14)13-7-3-5-9-15(13)16/h2-9,16-17,20H,10-11H2,1H3,(H,21,24)(H,22,23)/t17-/m1/s1. The number of aliphatic carboxylic acids is 1. The maximum Gasteiger partial charge on any atom is 0.407 e. The average Bonchev–Trinajstić information content (AvgIpc) is 2.96. The van der Waals surface area contributed by atoms with Gasteiger partial charge in [0.15, 0.2) is 0 Å². The van der Waals surface area contributed by atoms with Gasteiger partial charge in [-0.05, 0) is 22.3 Å². The minimum absolute atomic E-state index is 0.0334. The van der Waals surface area contributed by atoms with Crippen LogP contribution in [0, 0.1) is 0 Å². The highest BCUT2D eigenvalue weighted by Gasteiger charge is 2.29. The molecule has 0 aromatic heterocycles. The summed E-state index contributed by atoms with van der Waals surface area (Å²) in [6, 6.07) is 14.2. The lowest BCUT2D eigenvalue weighted by molar-refractivity contribution is -0.139. The zero-order chi connectivity index (χ0) is 20.3. The van der Waals surface area contributed by atoms with Gasteiger partial charge in [-0.15, -0.1) is 0 Å². The topological polar surface area (TPSA) is 122 Å². The van der Waals surface area contributed by atoms with Gasteiger partial charge in [-0.1, -0.05) is 48.5 Å². The fourth-order valence-electron chi connectivity index (χ4n) is 3.22. The Kier molecular flexibility index (Phi) is 5.66. The zero-order valence-corrected chi connectivity index (χ0v) is 15.9. The van der Waals surface area contributed by atoms with Gasteiger partial charge in [0.2, 0.25) is 10.0 Å². The molecule has 0 aliphatic heterocycles. The molecule has 1 aliphatic carbocycles. The number of alkyl carbamates (subject to hydrolysis) is 1. The summed E-state index contributed by atoms with van der Waals surface area (Å²) in [5.74, 6) is -1.53. The van der Waals surface area contributed by atoms with Gasteiger partial charge in [0, 0.05) is 12.5 Å². The fraction of sp³-hybridized carbons (Fsp3) is 0.263. The molecule has 148 valence electrons. The minimum atomic E-state index is -3.59. The van der Waals surface area contributed by atoms with Gasteiger partial charge < -0.3 is 15.2 Å². The summed E-state index contributed by atoms with van der Waals surface area (Å²) in [5.41, 5.74) is 4.22.